The number of rotatable bonds is 4. The zero-order valence-corrected chi connectivity index (χ0v) is 11.0. The quantitative estimate of drug-likeness (QED) is 0.689. The molecule has 1 aromatic heterocycles. The first-order valence-electron chi connectivity index (χ1n) is 5.78. The molecule has 19 heavy (non-hydrogen) atoms. The SMILES string of the molecule is CCOC(=O)c1c(-c2ccccc2)[nH]c(Cl)c1C=O. The van der Waals surface area contributed by atoms with Crippen molar-refractivity contribution in [1.29, 1.82) is 0 Å². The average molecular weight is 278 g/mol. The van der Waals surface area contributed by atoms with Crippen LogP contribution < -0.4 is 0 Å². The van der Waals surface area contributed by atoms with Crippen molar-refractivity contribution in [3.63, 3.8) is 0 Å². The van der Waals surface area contributed by atoms with Gasteiger partial charge in [-0.3, -0.25) is 4.79 Å². The minimum Gasteiger partial charge on any atom is -0.462 e. The summed E-state index contributed by atoms with van der Waals surface area (Å²) in [5, 5.41) is 0.136. The first-order chi connectivity index (χ1) is 9.19. The van der Waals surface area contributed by atoms with Crippen LogP contribution in [-0.2, 0) is 4.74 Å². The Morgan fingerprint density at radius 1 is 1.37 bits per heavy atom. The van der Waals surface area contributed by atoms with Crippen LogP contribution >= 0.6 is 11.6 Å². The predicted molar refractivity (Wildman–Crippen MR) is 72.6 cm³/mol. The fourth-order valence-corrected chi connectivity index (χ4v) is 2.06. The van der Waals surface area contributed by atoms with E-state index in [9.17, 15) is 9.59 Å². The van der Waals surface area contributed by atoms with Gasteiger partial charge in [0.1, 0.15) is 5.15 Å². The van der Waals surface area contributed by atoms with Gasteiger partial charge in [0.15, 0.2) is 6.29 Å². The van der Waals surface area contributed by atoms with Crippen LogP contribution in [0.15, 0.2) is 30.3 Å². The van der Waals surface area contributed by atoms with Gasteiger partial charge >= 0.3 is 5.97 Å². The van der Waals surface area contributed by atoms with Gasteiger partial charge in [-0.2, -0.15) is 0 Å². The van der Waals surface area contributed by atoms with Crippen LogP contribution in [0.2, 0.25) is 5.15 Å². The molecule has 0 aliphatic rings. The maximum Gasteiger partial charge on any atom is 0.341 e. The van der Waals surface area contributed by atoms with Gasteiger partial charge < -0.3 is 9.72 Å². The summed E-state index contributed by atoms with van der Waals surface area (Å²) in [6, 6.07) is 9.16. The molecule has 0 amide bonds. The summed E-state index contributed by atoms with van der Waals surface area (Å²) in [4.78, 5) is 25.9. The summed E-state index contributed by atoms with van der Waals surface area (Å²) < 4.78 is 4.97. The van der Waals surface area contributed by atoms with Crippen molar-refractivity contribution < 1.29 is 14.3 Å². The fraction of sp³-hybridized carbons (Fsp3) is 0.143. The Morgan fingerprint density at radius 3 is 2.63 bits per heavy atom. The number of H-pyrrole nitrogens is 1. The molecule has 0 saturated carbocycles. The molecule has 1 N–H and O–H groups in total. The number of hydrogen-bond acceptors (Lipinski definition) is 3. The van der Waals surface area contributed by atoms with E-state index in [0.717, 1.165) is 5.56 Å². The maximum absolute atomic E-state index is 12.0. The molecule has 4 nitrogen and oxygen atoms in total. The molecule has 1 aromatic carbocycles. The molecule has 0 aliphatic heterocycles. The number of halogens is 1. The van der Waals surface area contributed by atoms with Gasteiger partial charge in [-0.15, -0.1) is 0 Å². The van der Waals surface area contributed by atoms with Crippen LogP contribution in [0.5, 0.6) is 0 Å². The molecule has 1 heterocycles. The highest BCUT2D eigenvalue weighted by Crippen LogP contribution is 2.30. The van der Waals surface area contributed by atoms with E-state index in [0.29, 0.717) is 12.0 Å². The zero-order chi connectivity index (χ0) is 13.8. The average Bonchev–Trinajstić information content (AvgIpc) is 2.77. The first-order valence-corrected chi connectivity index (χ1v) is 6.16. The number of aromatic nitrogens is 1. The van der Waals surface area contributed by atoms with Gasteiger partial charge in [0.2, 0.25) is 0 Å². The second-order valence-corrected chi connectivity index (χ2v) is 4.18. The third kappa shape index (κ3) is 2.53. The van der Waals surface area contributed by atoms with Crippen LogP contribution in [0.25, 0.3) is 11.3 Å². The van der Waals surface area contributed by atoms with Crippen molar-refractivity contribution >= 4 is 23.9 Å². The van der Waals surface area contributed by atoms with E-state index in [1.165, 1.54) is 0 Å². The van der Waals surface area contributed by atoms with Crippen molar-refractivity contribution in [2.75, 3.05) is 6.61 Å². The number of hydrogen-bond donors (Lipinski definition) is 1. The summed E-state index contributed by atoms with van der Waals surface area (Å²) in [7, 11) is 0. The van der Waals surface area contributed by atoms with E-state index in [4.69, 9.17) is 16.3 Å². The van der Waals surface area contributed by atoms with Crippen LogP contribution in [0.4, 0.5) is 0 Å². The van der Waals surface area contributed by atoms with Gasteiger partial charge in [0.05, 0.1) is 23.4 Å². The summed E-state index contributed by atoms with van der Waals surface area (Å²) in [5.74, 6) is -0.563. The Hall–Kier alpha value is -2.07. The number of benzene rings is 1. The van der Waals surface area contributed by atoms with Gasteiger partial charge in [0.25, 0.3) is 0 Å². The molecule has 0 aliphatic carbocycles. The van der Waals surface area contributed by atoms with E-state index in [-0.39, 0.29) is 22.9 Å². The highest BCUT2D eigenvalue weighted by atomic mass is 35.5. The Balaban J connectivity index is 2.61. The van der Waals surface area contributed by atoms with Gasteiger partial charge in [0, 0.05) is 0 Å². The lowest BCUT2D eigenvalue weighted by molar-refractivity contribution is 0.0525. The molecule has 5 heteroatoms. The van der Waals surface area contributed by atoms with Crippen molar-refractivity contribution in [3.8, 4) is 11.3 Å². The molecule has 2 rings (SSSR count). The van der Waals surface area contributed by atoms with Crippen LogP contribution in [0.1, 0.15) is 27.6 Å². The summed E-state index contributed by atoms with van der Waals surface area (Å²) in [6.45, 7) is 1.93. The van der Waals surface area contributed by atoms with E-state index in [1.807, 2.05) is 30.3 Å². The van der Waals surface area contributed by atoms with Crippen LogP contribution in [-0.4, -0.2) is 23.8 Å². The lowest BCUT2D eigenvalue weighted by atomic mass is 10.1. The molecular formula is C14H12ClNO3. The maximum atomic E-state index is 12.0. The smallest absolute Gasteiger partial charge is 0.341 e. The van der Waals surface area contributed by atoms with Crippen LogP contribution in [0, 0.1) is 0 Å². The molecule has 98 valence electrons. The summed E-state index contributed by atoms with van der Waals surface area (Å²) in [6.07, 6.45) is 0.553. The van der Waals surface area contributed by atoms with E-state index < -0.39 is 5.97 Å². The highest BCUT2D eigenvalue weighted by molar-refractivity contribution is 6.33. The molecule has 0 fully saturated rings. The molecule has 0 spiro atoms. The third-order valence-electron chi connectivity index (χ3n) is 2.65. The van der Waals surface area contributed by atoms with Crippen LogP contribution in [0.3, 0.4) is 0 Å². The van der Waals surface area contributed by atoms with Crippen molar-refractivity contribution in [2.45, 2.75) is 6.92 Å². The normalized spacial score (nSPS) is 10.2. The molecule has 0 saturated heterocycles. The highest BCUT2D eigenvalue weighted by Gasteiger charge is 2.24. The molecule has 0 radical (unpaired) electrons. The Kier molecular flexibility index (Phi) is 4.02. The number of esters is 1. The van der Waals surface area contributed by atoms with Gasteiger partial charge in [-0.25, -0.2) is 4.79 Å². The summed E-state index contributed by atoms with van der Waals surface area (Å²) in [5.41, 5.74) is 1.55. The van der Waals surface area contributed by atoms with Crippen molar-refractivity contribution in [2.24, 2.45) is 0 Å². The topological polar surface area (TPSA) is 59.2 Å². The Labute approximate surface area is 115 Å². The van der Waals surface area contributed by atoms with E-state index in [2.05, 4.69) is 4.98 Å². The minimum atomic E-state index is -0.563. The van der Waals surface area contributed by atoms with Gasteiger partial charge in [-0.1, -0.05) is 41.9 Å². The molecule has 0 bridgehead atoms. The second-order valence-electron chi connectivity index (χ2n) is 3.81. The number of ether oxygens (including phenoxy) is 1. The molecular weight excluding hydrogens is 266 g/mol. The number of nitrogens with one attached hydrogen (secondary N) is 1. The van der Waals surface area contributed by atoms with Gasteiger partial charge in [-0.05, 0) is 12.5 Å². The Morgan fingerprint density at radius 2 is 2.05 bits per heavy atom. The number of aldehydes is 1. The number of carbonyl (C=O) groups is 2. The number of carbonyl (C=O) groups excluding carboxylic acids is 2. The first kappa shape index (κ1) is 13.4. The monoisotopic (exact) mass is 277 g/mol. The predicted octanol–water partition coefficient (Wildman–Crippen LogP) is 3.32. The Bertz CT molecular complexity index is 605. The lowest BCUT2D eigenvalue weighted by Crippen LogP contribution is -2.07. The molecule has 0 atom stereocenters. The second kappa shape index (κ2) is 5.71. The largest absolute Gasteiger partial charge is 0.462 e. The number of aromatic amines is 1. The van der Waals surface area contributed by atoms with E-state index in [1.54, 1.807) is 6.92 Å². The third-order valence-corrected chi connectivity index (χ3v) is 2.95. The standard InChI is InChI=1S/C14H12ClNO3/c1-2-19-14(18)11-10(8-17)13(15)16-12(11)9-6-4-3-5-7-9/h3-8,16H,2H2,1H3. The molecule has 0 unspecified atom stereocenters. The minimum absolute atomic E-state index is 0.124. The molecule has 2 aromatic rings. The summed E-state index contributed by atoms with van der Waals surface area (Å²) >= 11 is 5.95. The zero-order valence-electron chi connectivity index (χ0n) is 10.3. The fourth-order valence-electron chi connectivity index (χ4n) is 1.83. The lowest BCUT2D eigenvalue weighted by Gasteiger charge is -2.04. The van der Waals surface area contributed by atoms with Crippen molar-refractivity contribution in [1.82, 2.24) is 4.98 Å². The van der Waals surface area contributed by atoms with Crippen molar-refractivity contribution in [3.05, 3.63) is 46.6 Å². The van der Waals surface area contributed by atoms with E-state index >= 15 is 0 Å².